The number of hydrogen-bond acceptors (Lipinski definition) is 6. The number of ether oxygens (including phenoxy) is 2. The highest BCUT2D eigenvalue weighted by Crippen LogP contribution is 2.24. The lowest BCUT2D eigenvalue weighted by molar-refractivity contribution is -0.155. The molecule has 0 aliphatic rings. The predicted octanol–water partition coefficient (Wildman–Crippen LogP) is 3.62. The molecule has 0 unspecified atom stereocenters. The van der Waals surface area contributed by atoms with Crippen LogP contribution in [0.2, 0.25) is 0 Å². The van der Waals surface area contributed by atoms with Gasteiger partial charge in [-0.3, -0.25) is 9.59 Å². The molecule has 0 atom stereocenters. The van der Waals surface area contributed by atoms with Crippen molar-refractivity contribution in [2.45, 2.75) is 59.0 Å². The molecule has 0 aliphatic heterocycles. The second kappa shape index (κ2) is 9.78. The Labute approximate surface area is 176 Å². The molecule has 2 rings (SSSR count). The molecule has 0 bridgehead atoms. The minimum Gasteiger partial charge on any atom is -0.497 e. The van der Waals surface area contributed by atoms with Gasteiger partial charge in [-0.05, 0) is 58.2 Å². The molecule has 1 aromatic carbocycles. The molecule has 7 nitrogen and oxygen atoms in total. The molecule has 1 aromatic heterocycles. The monoisotopic (exact) mass is 417 g/mol. The lowest BCUT2D eigenvalue weighted by atomic mass is 10.0. The molecule has 0 N–H and O–H groups in total. The zero-order chi connectivity index (χ0) is 22.5. The van der Waals surface area contributed by atoms with Crippen LogP contribution in [-0.4, -0.2) is 43.1 Å². The number of methoxy groups -OCH3 is 1. The van der Waals surface area contributed by atoms with Gasteiger partial charge in [0.2, 0.25) is 5.91 Å². The molecule has 0 saturated heterocycles. The summed E-state index contributed by atoms with van der Waals surface area (Å²) in [6.45, 7) is 7.77. The van der Waals surface area contributed by atoms with Gasteiger partial charge in [0.15, 0.2) is 0 Å². The van der Waals surface area contributed by atoms with Gasteiger partial charge in [0.05, 0.1) is 7.11 Å². The number of amides is 1. The maximum atomic E-state index is 12.5. The van der Waals surface area contributed by atoms with E-state index in [9.17, 15) is 14.4 Å². The Hall–Kier alpha value is -2.83. The Morgan fingerprint density at radius 1 is 1.17 bits per heavy atom. The first-order valence-corrected chi connectivity index (χ1v) is 10.1. The van der Waals surface area contributed by atoms with Crippen molar-refractivity contribution in [3.8, 4) is 5.75 Å². The number of carbonyl (C=O) groups excluding carboxylic acids is 2. The van der Waals surface area contributed by atoms with Crippen LogP contribution in [0.5, 0.6) is 5.75 Å². The number of esters is 1. The summed E-state index contributed by atoms with van der Waals surface area (Å²) in [7, 11) is 3.25. The van der Waals surface area contributed by atoms with Crippen molar-refractivity contribution >= 4 is 22.8 Å². The summed E-state index contributed by atoms with van der Waals surface area (Å²) in [6.07, 6.45) is 1.27. The molecule has 1 heterocycles. The van der Waals surface area contributed by atoms with Crippen molar-refractivity contribution in [1.82, 2.24) is 4.90 Å². The summed E-state index contributed by atoms with van der Waals surface area (Å²) < 4.78 is 15.9. The van der Waals surface area contributed by atoms with Crippen molar-refractivity contribution < 1.29 is 23.5 Å². The van der Waals surface area contributed by atoms with E-state index in [1.807, 2.05) is 39.8 Å². The van der Waals surface area contributed by atoms with Crippen LogP contribution in [0.4, 0.5) is 0 Å². The van der Waals surface area contributed by atoms with Crippen molar-refractivity contribution in [3.63, 3.8) is 0 Å². The van der Waals surface area contributed by atoms with E-state index >= 15 is 0 Å². The van der Waals surface area contributed by atoms with Crippen LogP contribution in [0, 0.1) is 6.92 Å². The van der Waals surface area contributed by atoms with Crippen LogP contribution in [0.1, 0.15) is 51.2 Å². The third kappa shape index (κ3) is 6.34. The van der Waals surface area contributed by atoms with Crippen LogP contribution in [-0.2, 0) is 20.7 Å². The van der Waals surface area contributed by atoms with Crippen LogP contribution < -0.4 is 10.4 Å². The van der Waals surface area contributed by atoms with Crippen LogP contribution in [0.15, 0.2) is 27.4 Å². The van der Waals surface area contributed by atoms with E-state index in [2.05, 4.69) is 0 Å². The van der Waals surface area contributed by atoms with Gasteiger partial charge in [0.1, 0.15) is 16.9 Å². The molecule has 30 heavy (non-hydrogen) atoms. The smallest absolute Gasteiger partial charge is 0.339 e. The van der Waals surface area contributed by atoms with E-state index in [0.29, 0.717) is 36.3 Å². The fourth-order valence-electron chi connectivity index (χ4n) is 3.19. The fourth-order valence-corrected chi connectivity index (χ4v) is 3.19. The number of benzene rings is 1. The van der Waals surface area contributed by atoms with Crippen LogP contribution in [0.25, 0.3) is 11.0 Å². The van der Waals surface area contributed by atoms with E-state index in [1.165, 1.54) is 0 Å². The Morgan fingerprint density at radius 2 is 1.87 bits per heavy atom. The molecule has 0 aliphatic carbocycles. The molecule has 0 fully saturated rings. The number of carbonyl (C=O) groups is 2. The normalized spacial score (nSPS) is 11.4. The average molecular weight is 418 g/mol. The van der Waals surface area contributed by atoms with Gasteiger partial charge < -0.3 is 18.8 Å². The van der Waals surface area contributed by atoms with Crippen molar-refractivity contribution in [2.24, 2.45) is 0 Å². The minimum atomic E-state index is -0.511. The lowest BCUT2D eigenvalue weighted by Crippen LogP contribution is -2.29. The van der Waals surface area contributed by atoms with Crippen molar-refractivity contribution in [1.29, 1.82) is 0 Å². The zero-order valence-electron chi connectivity index (χ0n) is 18.7. The predicted molar refractivity (Wildman–Crippen MR) is 115 cm³/mol. The first-order chi connectivity index (χ1) is 14.0. The molecule has 1 amide bonds. The Bertz CT molecular complexity index is 970. The molecule has 7 heteroatoms. The number of rotatable bonds is 8. The van der Waals surface area contributed by atoms with Gasteiger partial charge in [0.25, 0.3) is 0 Å². The summed E-state index contributed by atoms with van der Waals surface area (Å²) >= 11 is 0. The van der Waals surface area contributed by atoms with E-state index in [-0.39, 0.29) is 24.7 Å². The van der Waals surface area contributed by atoms with Crippen LogP contribution >= 0.6 is 0 Å². The van der Waals surface area contributed by atoms with Gasteiger partial charge >= 0.3 is 11.6 Å². The molecule has 0 spiro atoms. The number of nitrogens with zero attached hydrogens (tertiary/aromatic N) is 1. The summed E-state index contributed by atoms with van der Waals surface area (Å²) in [6, 6.07) is 5.33. The molecule has 0 saturated carbocycles. The van der Waals surface area contributed by atoms with Gasteiger partial charge in [-0.2, -0.15) is 0 Å². The summed E-state index contributed by atoms with van der Waals surface area (Å²) in [4.78, 5) is 38.2. The number of fused-ring (bicyclic) bond motifs is 1. The summed E-state index contributed by atoms with van der Waals surface area (Å²) in [5.74, 6) is 0.248. The lowest BCUT2D eigenvalue weighted by Gasteiger charge is -2.20. The zero-order valence-corrected chi connectivity index (χ0v) is 18.7. The fraction of sp³-hybridized carbons (Fsp3) is 0.522. The van der Waals surface area contributed by atoms with Gasteiger partial charge in [-0.1, -0.05) is 0 Å². The first-order valence-electron chi connectivity index (χ1n) is 10.1. The van der Waals surface area contributed by atoms with Crippen LogP contribution in [0.3, 0.4) is 0 Å². The highest BCUT2D eigenvalue weighted by Gasteiger charge is 2.18. The number of aryl methyl sites for hydroxylation is 1. The molecular weight excluding hydrogens is 386 g/mol. The topological polar surface area (TPSA) is 86.0 Å². The molecule has 0 radical (unpaired) electrons. The highest BCUT2D eigenvalue weighted by atomic mass is 16.6. The Kier molecular flexibility index (Phi) is 7.65. The highest BCUT2D eigenvalue weighted by molar-refractivity contribution is 5.82. The van der Waals surface area contributed by atoms with Gasteiger partial charge in [-0.25, -0.2) is 4.79 Å². The third-order valence-electron chi connectivity index (χ3n) is 4.80. The second-order valence-electron chi connectivity index (χ2n) is 8.36. The average Bonchev–Trinajstić information content (AvgIpc) is 2.65. The van der Waals surface area contributed by atoms with E-state index in [0.717, 1.165) is 10.9 Å². The standard InChI is InChI=1S/C23H31NO6/c1-15-17-10-9-16(28-6)14-19(17)29-22(27)18(15)11-12-20(25)24(5)13-7-8-21(26)30-23(2,3)4/h9-10,14H,7-8,11-13H2,1-6H3. The Morgan fingerprint density at radius 3 is 2.50 bits per heavy atom. The third-order valence-corrected chi connectivity index (χ3v) is 4.80. The van der Waals surface area contributed by atoms with Crippen molar-refractivity contribution in [2.75, 3.05) is 20.7 Å². The SMILES string of the molecule is COc1ccc2c(C)c(CCC(=O)N(C)CCCC(=O)OC(C)(C)C)c(=O)oc2c1. The van der Waals surface area contributed by atoms with Gasteiger partial charge in [-0.15, -0.1) is 0 Å². The van der Waals surface area contributed by atoms with E-state index < -0.39 is 11.2 Å². The molecular formula is C23H31NO6. The second-order valence-corrected chi connectivity index (χ2v) is 8.36. The molecule has 2 aromatic rings. The molecule has 164 valence electrons. The first kappa shape index (κ1) is 23.4. The summed E-state index contributed by atoms with van der Waals surface area (Å²) in [5.41, 5.74) is 0.829. The summed E-state index contributed by atoms with van der Waals surface area (Å²) in [5, 5.41) is 0.823. The largest absolute Gasteiger partial charge is 0.497 e. The van der Waals surface area contributed by atoms with Gasteiger partial charge in [0, 0.05) is 43.5 Å². The van der Waals surface area contributed by atoms with E-state index in [4.69, 9.17) is 13.9 Å². The quantitative estimate of drug-likeness (QED) is 0.482. The maximum Gasteiger partial charge on any atom is 0.339 e. The van der Waals surface area contributed by atoms with Crippen molar-refractivity contribution in [3.05, 3.63) is 39.7 Å². The minimum absolute atomic E-state index is 0.0900. The van der Waals surface area contributed by atoms with E-state index in [1.54, 1.807) is 25.1 Å². The maximum absolute atomic E-state index is 12.5. The Balaban J connectivity index is 1.94. The number of hydrogen-bond donors (Lipinski definition) is 0.